The molecule has 19 heavy (non-hydrogen) atoms. The van der Waals surface area contributed by atoms with E-state index in [4.69, 9.17) is 9.47 Å². The van der Waals surface area contributed by atoms with Gasteiger partial charge in [-0.1, -0.05) is 0 Å². The Morgan fingerprint density at radius 3 is 3.00 bits per heavy atom. The van der Waals surface area contributed by atoms with Gasteiger partial charge in [-0.25, -0.2) is 0 Å². The molecule has 108 valence electrons. The lowest BCUT2D eigenvalue weighted by Gasteiger charge is -2.39. The van der Waals surface area contributed by atoms with E-state index in [0.717, 1.165) is 44.7 Å². The van der Waals surface area contributed by atoms with Gasteiger partial charge in [0.2, 0.25) is 0 Å². The zero-order valence-corrected chi connectivity index (χ0v) is 11.8. The van der Waals surface area contributed by atoms with Crippen molar-refractivity contribution in [2.45, 2.75) is 62.3 Å². The summed E-state index contributed by atoms with van der Waals surface area (Å²) in [5.41, 5.74) is 0.0455. The van der Waals surface area contributed by atoms with E-state index in [-0.39, 0.29) is 5.60 Å². The summed E-state index contributed by atoms with van der Waals surface area (Å²) in [6, 6.07) is 2.18. The molecular weight excluding hydrogens is 240 g/mol. The Morgan fingerprint density at radius 2 is 2.11 bits per heavy atom. The van der Waals surface area contributed by atoms with Gasteiger partial charge in [0.1, 0.15) is 0 Å². The van der Waals surface area contributed by atoms with Gasteiger partial charge in [-0.15, -0.1) is 0 Å². The predicted molar refractivity (Wildman–Crippen MR) is 73.3 cm³/mol. The van der Waals surface area contributed by atoms with E-state index < -0.39 is 0 Å². The van der Waals surface area contributed by atoms with E-state index in [9.17, 15) is 0 Å². The van der Waals surface area contributed by atoms with Crippen LogP contribution in [0, 0.1) is 0 Å². The third-order valence-corrected chi connectivity index (χ3v) is 5.62. The van der Waals surface area contributed by atoms with Crippen LogP contribution in [-0.2, 0) is 9.47 Å². The van der Waals surface area contributed by atoms with Gasteiger partial charge in [0.15, 0.2) is 0 Å². The van der Waals surface area contributed by atoms with Crippen LogP contribution in [0.3, 0.4) is 0 Å². The molecule has 4 rings (SSSR count). The number of hydrogen-bond acceptors (Lipinski definition) is 4. The van der Waals surface area contributed by atoms with Crippen molar-refractivity contribution < 1.29 is 9.47 Å². The topological polar surface area (TPSA) is 33.7 Å². The van der Waals surface area contributed by atoms with Gasteiger partial charge >= 0.3 is 0 Å². The zero-order valence-electron chi connectivity index (χ0n) is 11.8. The van der Waals surface area contributed by atoms with Crippen molar-refractivity contribution in [2.75, 3.05) is 32.9 Å². The van der Waals surface area contributed by atoms with Crippen LogP contribution in [0.1, 0.15) is 38.5 Å². The van der Waals surface area contributed by atoms with E-state index in [1.165, 1.54) is 38.8 Å². The Labute approximate surface area is 115 Å². The number of fused-ring (bicyclic) bond motifs is 1. The molecule has 0 saturated carbocycles. The Morgan fingerprint density at radius 1 is 1.11 bits per heavy atom. The molecule has 4 aliphatic rings. The van der Waals surface area contributed by atoms with E-state index in [2.05, 4.69) is 10.2 Å². The number of nitrogens with one attached hydrogen (secondary N) is 1. The maximum absolute atomic E-state index is 6.03. The second-order valence-corrected chi connectivity index (χ2v) is 6.83. The van der Waals surface area contributed by atoms with Crippen LogP contribution < -0.4 is 5.32 Å². The van der Waals surface area contributed by atoms with Crippen LogP contribution in [0.15, 0.2) is 0 Å². The van der Waals surface area contributed by atoms with Crippen molar-refractivity contribution in [3.05, 3.63) is 0 Å². The van der Waals surface area contributed by atoms with E-state index in [0.29, 0.717) is 6.04 Å². The molecule has 4 fully saturated rings. The highest BCUT2D eigenvalue weighted by Gasteiger charge is 2.43. The second-order valence-electron chi connectivity index (χ2n) is 6.83. The van der Waals surface area contributed by atoms with Gasteiger partial charge in [0.05, 0.1) is 12.2 Å². The van der Waals surface area contributed by atoms with Crippen LogP contribution in [0.2, 0.25) is 0 Å². The lowest BCUT2D eigenvalue weighted by molar-refractivity contribution is -0.0905. The molecule has 0 aromatic heterocycles. The van der Waals surface area contributed by atoms with E-state index in [1.54, 1.807) is 0 Å². The molecule has 0 aliphatic carbocycles. The molecule has 4 unspecified atom stereocenters. The maximum Gasteiger partial charge on any atom is 0.0951 e. The fourth-order valence-corrected chi connectivity index (χ4v) is 4.61. The molecule has 4 nitrogen and oxygen atoms in total. The van der Waals surface area contributed by atoms with Gasteiger partial charge in [0, 0.05) is 44.3 Å². The molecule has 4 heteroatoms. The van der Waals surface area contributed by atoms with Gasteiger partial charge in [0.25, 0.3) is 0 Å². The Bertz CT molecular complexity index is 330. The van der Waals surface area contributed by atoms with Gasteiger partial charge in [-0.2, -0.15) is 0 Å². The first-order valence-corrected chi connectivity index (χ1v) is 8.07. The fraction of sp³-hybridized carbons (Fsp3) is 1.00. The van der Waals surface area contributed by atoms with Crippen molar-refractivity contribution in [1.82, 2.24) is 10.2 Å². The minimum Gasteiger partial charge on any atom is -0.378 e. The largest absolute Gasteiger partial charge is 0.378 e. The molecule has 0 radical (unpaired) electrons. The quantitative estimate of drug-likeness (QED) is 0.813. The van der Waals surface area contributed by atoms with Crippen molar-refractivity contribution in [3.63, 3.8) is 0 Å². The summed E-state index contributed by atoms with van der Waals surface area (Å²) in [4.78, 5) is 2.69. The summed E-state index contributed by atoms with van der Waals surface area (Å²) in [6.45, 7) is 5.23. The average molecular weight is 266 g/mol. The molecule has 4 saturated heterocycles. The molecular formula is C15H26N2O2. The normalized spacial score (nSPS) is 47.1. The molecule has 4 atom stereocenters. The monoisotopic (exact) mass is 266 g/mol. The lowest BCUT2D eigenvalue weighted by atomic mass is 9.89. The highest BCUT2D eigenvalue weighted by Crippen LogP contribution is 2.34. The first-order chi connectivity index (χ1) is 9.35. The van der Waals surface area contributed by atoms with Crippen LogP contribution in [0.4, 0.5) is 0 Å². The number of hydrogen-bond donors (Lipinski definition) is 1. The summed E-state index contributed by atoms with van der Waals surface area (Å²) >= 11 is 0. The Balaban J connectivity index is 1.37. The van der Waals surface area contributed by atoms with Crippen LogP contribution in [0.25, 0.3) is 0 Å². The molecule has 0 amide bonds. The fourth-order valence-electron chi connectivity index (χ4n) is 4.61. The van der Waals surface area contributed by atoms with E-state index in [1.807, 2.05) is 0 Å². The van der Waals surface area contributed by atoms with Gasteiger partial charge in [-0.3, -0.25) is 4.90 Å². The molecule has 0 aromatic rings. The number of ether oxygens (including phenoxy) is 2. The first-order valence-electron chi connectivity index (χ1n) is 8.07. The molecule has 0 aromatic carbocycles. The lowest BCUT2D eigenvalue weighted by Crippen LogP contribution is -2.52. The highest BCUT2D eigenvalue weighted by atomic mass is 16.6. The Hall–Kier alpha value is -0.160. The first kappa shape index (κ1) is 12.6. The molecule has 4 heterocycles. The predicted octanol–water partition coefficient (Wildman–Crippen LogP) is 1.15. The summed E-state index contributed by atoms with van der Waals surface area (Å²) in [5, 5.41) is 3.96. The van der Waals surface area contributed by atoms with E-state index >= 15 is 0 Å². The van der Waals surface area contributed by atoms with Crippen molar-refractivity contribution in [3.8, 4) is 0 Å². The van der Waals surface area contributed by atoms with Crippen LogP contribution in [0.5, 0.6) is 0 Å². The van der Waals surface area contributed by atoms with Crippen LogP contribution >= 0.6 is 0 Å². The second kappa shape index (κ2) is 4.99. The minimum atomic E-state index is 0.0455. The standard InChI is InChI=1S/C15H26N2O2/c1-2-14-13(3-7-17(14)6-1)16-12-4-8-19-15(10-12)5-9-18-11-15/h12-14,16H,1-11H2. The molecule has 1 N–H and O–H groups in total. The molecule has 0 bridgehead atoms. The highest BCUT2D eigenvalue weighted by molar-refractivity contribution is 4.99. The zero-order chi connectivity index (χ0) is 12.7. The maximum atomic E-state index is 6.03. The van der Waals surface area contributed by atoms with Crippen molar-refractivity contribution >= 4 is 0 Å². The molecule has 1 spiro atoms. The summed E-state index contributed by atoms with van der Waals surface area (Å²) in [5.74, 6) is 0. The number of nitrogens with zero attached hydrogens (tertiary/aromatic N) is 1. The summed E-state index contributed by atoms with van der Waals surface area (Å²) in [7, 11) is 0. The smallest absolute Gasteiger partial charge is 0.0951 e. The van der Waals surface area contributed by atoms with Gasteiger partial charge in [-0.05, 0) is 38.6 Å². The average Bonchev–Trinajstić information content (AvgIpc) is 3.09. The van der Waals surface area contributed by atoms with Crippen molar-refractivity contribution in [1.29, 1.82) is 0 Å². The SMILES string of the molecule is C1CC2C(NC3CCOC4(CCOC4)C3)CCN2C1. The van der Waals surface area contributed by atoms with Crippen LogP contribution in [-0.4, -0.2) is 61.5 Å². The van der Waals surface area contributed by atoms with Gasteiger partial charge < -0.3 is 14.8 Å². The van der Waals surface area contributed by atoms with Crippen molar-refractivity contribution in [2.24, 2.45) is 0 Å². The number of rotatable bonds is 2. The third-order valence-electron chi connectivity index (χ3n) is 5.62. The summed E-state index contributed by atoms with van der Waals surface area (Å²) in [6.07, 6.45) is 7.54. The summed E-state index contributed by atoms with van der Waals surface area (Å²) < 4.78 is 11.6. The minimum absolute atomic E-state index is 0.0455. The third kappa shape index (κ3) is 2.33. The molecule has 4 aliphatic heterocycles. The Kier molecular flexibility index (Phi) is 3.30.